The zero-order valence-electron chi connectivity index (χ0n) is 29.5. The maximum absolute atomic E-state index is 4.54. The molecule has 0 saturated carbocycles. The molecule has 0 radical (unpaired) electrons. The van der Waals surface area contributed by atoms with Crippen LogP contribution in [0, 0.1) is 18.8 Å². The van der Waals surface area contributed by atoms with Gasteiger partial charge in [0.15, 0.2) is 0 Å². The summed E-state index contributed by atoms with van der Waals surface area (Å²) in [7, 11) is 0. The third-order valence-corrected chi connectivity index (χ3v) is 4.05. The molecule has 0 aliphatic carbocycles. The average molecular weight is 562 g/mol. The van der Waals surface area contributed by atoms with Crippen LogP contribution < -0.4 is 4.90 Å². The number of aryl methyl sites for hydroxylation is 1. The number of aromatic nitrogens is 1. The summed E-state index contributed by atoms with van der Waals surface area (Å²) in [5.74, 6) is 1.61. The van der Waals surface area contributed by atoms with E-state index in [4.69, 9.17) is 0 Å². The lowest BCUT2D eigenvalue weighted by Gasteiger charge is -2.20. The van der Waals surface area contributed by atoms with E-state index in [9.17, 15) is 0 Å². The summed E-state index contributed by atoms with van der Waals surface area (Å²) in [6.45, 7) is 49.6. The summed E-state index contributed by atoms with van der Waals surface area (Å²) in [6.07, 6.45) is 7.88. The van der Waals surface area contributed by atoms with Crippen molar-refractivity contribution in [3.05, 3.63) is 67.1 Å². The van der Waals surface area contributed by atoms with Crippen LogP contribution in [0.25, 0.3) is 5.70 Å². The molecule has 1 aliphatic rings. The summed E-state index contributed by atoms with van der Waals surface area (Å²) in [4.78, 5) is 10.8. The molecule has 0 N–H and O–H groups in total. The number of rotatable bonds is 4. The SMILES string of the molecule is C.C=CC=C.C=NC(=C)c1ccc(N2CC[C@H](C)C2)c(C)n1.CC.CC.CC.CC(C)C.CC=C(C)C.CCC. The Hall–Kier alpha value is -2.42. The van der Waals surface area contributed by atoms with Gasteiger partial charge < -0.3 is 4.90 Å². The first-order valence-electron chi connectivity index (χ1n) is 15.2. The van der Waals surface area contributed by atoms with Gasteiger partial charge in [0, 0.05) is 13.1 Å². The molecule has 1 aromatic heterocycles. The number of pyridine rings is 1. The molecule has 0 unspecified atom stereocenters. The molecule has 1 aromatic rings. The Kier molecular flexibility index (Phi) is 58.6. The summed E-state index contributed by atoms with van der Waals surface area (Å²) >= 11 is 0. The molecule has 1 atom stereocenters. The molecule has 40 heavy (non-hydrogen) atoms. The lowest BCUT2D eigenvalue weighted by molar-refractivity contribution is 0.659. The van der Waals surface area contributed by atoms with E-state index < -0.39 is 0 Å². The maximum Gasteiger partial charge on any atom is 0.0884 e. The van der Waals surface area contributed by atoms with Gasteiger partial charge in [-0.05, 0) is 64.8 Å². The molecule has 238 valence electrons. The Morgan fingerprint density at radius 3 is 1.62 bits per heavy atom. The predicted octanol–water partition coefficient (Wildman–Crippen LogP) is 13.0. The van der Waals surface area contributed by atoms with Gasteiger partial charge in [-0.2, -0.15) is 0 Å². The Balaban J connectivity index is -0.0000000790. The first-order valence-corrected chi connectivity index (χ1v) is 15.2. The molecule has 0 spiro atoms. The highest BCUT2D eigenvalue weighted by Crippen LogP contribution is 2.26. The van der Waals surface area contributed by atoms with Crippen molar-refractivity contribution in [2.75, 3.05) is 18.0 Å². The van der Waals surface area contributed by atoms with Crippen LogP contribution in [0.2, 0.25) is 0 Å². The Morgan fingerprint density at radius 1 is 1.02 bits per heavy atom. The Morgan fingerprint density at radius 2 is 1.40 bits per heavy atom. The molecular weight excluding hydrogens is 486 g/mol. The minimum absolute atomic E-state index is 0. The van der Waals surface area contributed by atoms with Gasteiger partial charge in [-0.15, -0.1) is 0 Å². The van der Waals surface area contributed by atoms with Crippen LogP contribution in [0.1, 0.15) is 136 Å². The van der Waals surface area contributed by atoms with Crippen LogP contribution in [0.3, 0.4) is 0 Å². The third-order valence-electron chi connectivity index (χ3n) is 4.05. The van der Waals surface area contributed by atoms with Crippen LogP contribution in [0.4, 0.5) is 5.69 Å². The number of allylic oxidation sites excluding steroid dienone is 4. The van der Waals surface area contributed by atoms with Crippen molar-refractivity contribution >= 4 is 18.1 Å². The first-order chi connectivity index (χ1) is 18.4. The van der Waals surface area contributed by atoms with Gasteiger partial charge in [-0.25, -0.2) is 4.98 Å². The smallest absolute Gasteiger partial charge is 0.0884 e. The van der Waals surface area contributed by atoms with Crippen LogP contribution >= 0.6 is 0 Å². The number of hydrogen-bond donors (Lipinski definition) is 0. The number of hydrogen-bond acceptors (Lipinski definition) is 3. The van der Waals surface area contributed by atoms with E-state index in [0.29, 0.717) is 5.70 Å². The van der Waals surface area contributed by atoms with Gasteiger partial charge in [-0.1, -0.05) is 140 Å². The summed E-state index contributed by atoms with van der Waals surface area (Å²) in [6, 6.07) is 4.09. The van der Waals surface area contributed by atoms with Crippen molar-refractivity contribution in [3.8, 4) is 0 Å². The fourth-order valence-electron chi connectivity index (χ4n) is 2.28. The second-order valence-electron chi connectivity index (χ2n) is 9.02. The molecule has 1 fully saturated rings. The van der Waals surface area contributed by atoms with Crippen LogP contribution in [-0.2, 0) is 0 Å². The van der Waals surface area contributed by atoms with E-state index in [1.165, 1.54) is 24.1 Å². The van der Waals surface area contributed by atoms with Gasteiger partial charge in [0.1, 0.15) is 0 Å². The highest BCUT2D eigenvalue weighted by atomic mass is 15.2. The van der Waals surface area contributed by atoms with E-state index >= 15 is 0 Å². The van der Waals surface area contributed by atoms with E-state index in [1.807, 2.05) is 61.5 Å². The van der Waals surface area contributed by atoms with Crippen molar-refractivity contribution in [3.63, 3.8) is 0 Å². The Bertz CT molecular complexity index is 687. The molecule has 0 amide bonds. The van der Waals surface area contributed by atoms with Crippen LogP contribution in [0.5, 0.6) is 0 Å². The van der Waals surface area contributed by atoms with Crippen molar-refractivity contribution in [2.45, 2.75) is 131 Å². The summed E-state index contributed by atoms with van der Waals surface area (Å²) in [5.41, 5.74) is 5.10. The van der Waals surface area contributed by atoms with Crippen molar-refractivity contribution in [2.24, 2.45) is 16.8 Å². The standard InChI is InChI=1S/C14H19N3.C5H10.C4H10.C4H6.C3H8.3C2H6.CH4/c1-10-7-8-17(9-10)14-6-5-13(11(2)15-4)16-12(14)3;1-4-5(2)3;1-4(2)3;1-3-4-2;1-3-2;3*1-2;/h5-6,10H,2,4,7-9H2,1,3H3;4H,1-3H3;4H,1-3H3;3-4H,1-2H2;3H2,1-2H3;3*1-2H3;1H4/t10-;;;;;;;;/m0......../s1. The molecule has 1 aliphatic heterocycles. The van der Waals surface area contributed by atoms with Crippen molar-refractivity contribution in [1.82, 2.24) is 4.98 Å². The van der Waals surface area contributed by atoms with Gasteiger partial charge in [-0.3, -0.25) is 4.99 Å². The molecule has 0 aromatic carbocycles. The summed E-state index contributed by atoms with van der Waals surface area (Å²) < 4.78 is 0. The fourth-order valence-corrected chi connectivity index (χ4v) is 2.28. The van der Waals surface area contributed by atoms with Gasteiger partial charge >= 0.3 is 0 Å². The fraction of sp³-hybridized carbons (Fsp3) is 0.622. The lowest BCUT2D eigenvalue weighted by atomic mass is 10.2. The predicted molar refractivity (Wildman–Crippen MR) is 196 cm³/mol. The van der Waals surface area contributed by atoms with Gasteiger partial charge in [0.05, 0.1) is 22.8 Å². The van der Waals surface area contributed by atoms with E-state index in [1.54, 1.807) is 12.2 Å². The van der Waals surface area contributed by atoms with Gasteiger partial charge in [0.25, 0.3) is 0 Å². The second kappa shape index (κ2) is 43.6. The zero-order valence-corrected chi connectivity index (χ0v) is 29.5. The van der Waals surface area contributed by atoms with Crippen LogP contribution in [-0.4, -0.2) is 24.8 Å². The topological polar surface area (TPSA) is 28.5 Å². The van der Waals surface area contributed by atoms with Crippen LogP contribution in [0.15, 0.2) is 60.7 Å². The zero-order chi connectivity index (χ0) is 32.4. The first kappa shape index (κ1) is 53.8. The van der Waals surface area contributed by atoms with Crippen molar-refractivity contribution in [1.29, 1.82) is 0 Å². The number of nitrogens with zero attached hydrogens (tertiary/aromatic N) is 3. The minimum Gasteiger partial charge on any atom is -0.370 e. The molecule has 3 nitrogen and oxygen atoms in total. The molecule has 3 heteroatoms. The Labute approximate surface area is 255 Å². The highest BCUT2D eigenvalue weighted by Gasteiger charge is 2.20. The molecule has 0 bridgehead atoms. The third kappa shape index (κ3) is 40.1. The quantitative estimate of drug-likeness (QED) is 0.208. The second-order valence-corrected chi connectivity index (χ2v) is 9.02. The largest absolute Gasteiger partial charge is 0.370 e. The van der Waals surface area contributed by atoms with Gasteiger partial charge in [0.2, 0.25) is 0 Å². The minimum atomic E-state index is 0. The normalized spacial score (nSPS) is 11.4. The lowest BCUT2D eigenvalue weighted by Crippen LogP contribution is -2.20. The monoisotopic (exact) mass is 562 g/mol. The summed E-state index contributed by atoms with van der Waals surface area (Å²) in [5, 5.41) is 0. The molecular formula is C37H75N3. The van der Waals surface area contributed by atoms with E-state index in [0.717, 1.165) is 36.3 Å². The molecule has 2 heterocycles. The number of aliphatic imine (C=N–C) groups is 1. The highest BCUT2D eigenvalue weighted by molar-refractivity contribution is 5.65. The molecule has 2 rings (SSSR count). The molecule has 1 saturated heterocycles. The number of anilines is 1. The average Bonchev–Trinajstić information content (AvgIpc) is 3.37. The van der Waals surface area contributed by atoms with Crippen molar-refractivity contribution < 1.29 is 0 Å². The van der Waals surface area contributed by atoms with E-state index in [2.05, 4.69) is 109 Å². The maximum atomic E-state index is 4.54. The van der Waals surface area contributed by atoms with E-state index in [-0.39, 0.29) is 7.43 Å².